The number of pyridine rings is 1. The second-order valence-corrected chi connectivity index (χ2v) is 9.04. The molecule has 1 saturated carbocycles. The zero-order chi connectivity index (χ0) is 23.1. The maximum atomic E-state index is 14.1. The van der Waals surface area contributed by atoms with Gasteiger partial charge >= 0.3 is 0 Å². The van der Waals surface area contributed by atoms with Crippen molar-refractivity contribution in [3.63, 3.8) is 0 Å². The summed E-state index contributed by atoms with van der Waals surface area (Å²) in [5.74, 6) is -0.473. The van der Waals surface area contributed by atoms with E-state index in [1.165, 1.54) is 26.2 Å². The number of hydrogen-bond donors (Lipinski definition) is 3. The van der Waals surface area contributed by atoms with Crippen molar-refractivity contribution < 1.29 is 14.3 Å². The van der Waals surface area contributed by atoms with Crippen molar-refractivity contribution in [2.75, 3.05) is 11.9 Å². The van der Waals surface area contributed by atoms with Crippen LogP contribution in [0.3, 0.4) is 0 Å². The van der Waals surface area contributed by atoms with Gasteiger partial charge < -0.3 is 15.7 Å². The fraction of sp³-hybridized carbons (Fsp3) is 0.391. The number of nitriles is 1. The lowest BCUT2D eigenvalue weighted by Gasteiger charge is -2.23. The molecule has 0 aliphatic heterocycles. The first-order valence-electron chi connectivity index (χ1n) is 10.4. The zero-order valence-corrected chi connectivity index (χ0v) is 18.2. The zero-order valence-electron chi connectivity index (χ0n) is 18.2. The Balaban J connectivity index is 1.66. The Hall–Kier alpha value is -3.51. The summed E-state index contributed by atoms with van der Waals surface area (Å²) in [7, 11) is 0. The lowest BCUT2D eigenvalue weighted by Crippen LogP contribution is -2.42. The quantitative estimate of drug-likeness (QED) is 0.524. The van der Waals surface area contributed by atoms with E-state index in [2.05, 4.69) is 33.7 Å². The number of hydrogen-bond acceptors (Lipinski definition) is 6. The van der Waals surface area contributed by atoms with Crippen LogP contribution in [0.5, 0.6) is 0 Å². The summed E-state index contributed by atoms with van der Waals surface area (Å²) in [5, 5.41) is 29.1. The van der Waals surface area contributed by atoms with E-state index in [0.717, 1.165) is 18.4 Å². The summed E-state index contributed by atoms with van der Waals surface area (Å²) in [6.07, 6.45) is 3.29. The largest absolute Gasteiger partial charge is 0.387 e. The Labute approximate surface area is 185 Å². The average molecular weight is 436 g/mol. The molecule has 8 nitrogen and oxygen atoms in total. The van der Waals surface area contributed by atoms with Gasteiger partial charge in [0, 0.05) is 11.7 Å². The number of rotatable bonds is 7. The Kier molecular flexibility index (Phi) is 5.34. The van der Waals surface area contributed by atoms with Gasteiger partial charge in [-0.15, -0.1) is 0 Å². The predicted molar refractivity (Wildman–Crippen MR) is 118 cm³/mol. The smallest absolute Gasteiger partial charge is 0.255 e. The van der Waals surface area contributed by atoms with E-state index in [4.69, 9.17) is 5.26 Å². The van der Waals surface area contributed by atoms with Crippen LogP contribution in [0.25, 0.3) is 16.9 Å². The third-order valence-electron chi connectivity index (χ3n) is 5.69. The number of aliphatic hydroxyl groups is 1. The van der Waals surface area contributed by atoms with Crippen molar-refractivity contribution in [3.05, 3.63) is 47.8 Å². The van der Waals surface area contributed by atoms with E-state index < -0.39 is 17.7 Å². The average Bonchev–Trinajstić information content (AvgIpc) is 3.32. The summed E-state index contributed by atoms with van der Waals surface area (Å²) >= 11 is 0. The number of carbonyl (C=O) groups is 1. The van der Waals surface area contributed by atoms with Crippen LogP contribution in [0.4, 0.5) is 10.1 Å². The van der Waals surface area contributed by atoms with Crippen LogP contribution in [0, 0.1) is 11.3 Å². The number of amides is 1. The van der Waals surface area contributed by atoms with Crippen molar-refractivity contribution in [2.24, 2.45) is 0 Å². The molecule has 4 rings (SSSR count). The summed E-state index contributed by atoms with van der Waals surface area (Å²) in [6, 6.07) is 9.28. The molecular formula is C23H25FN6O2. The standard InChI is InChI=1S/C23H25FN6O2/c1-22(2,32)20(24)13-27-21(31)16-12-26-18(9-17(16)29-23(3)6-7-23)19-5-4-15-8-14(10-25)11-28-30(15)19/h4-5,8-9,11-12,20,32H,6-7,13H2,1-3H3,(H,26,29)(H,27,31). The first kappa shape index (κ1) is 21.7. The monoisotopic (exact) mass is 436 g/mol. The van der Waals surface area contributed by atoms with Crippen molar-refractivity contribution in [3.8, 4) is 17.5 Å². The molecule has 1 fully saturated rings. The fourth-order valence-corrected chi connectivity index (χ4v) is 3.30. The molecule has 1 atom stereocenters. The minimum Gasteiger partial charge on any atom is -0.387 e. The molecule has 9 heteroatoms. The highest BCUT2D eigenvalue weighted by atomic mass is 19.1. The number of fused-ring (bicyclic) bond motifs is 1. The highest BCUT2D eigenvalue weighted by Crippen LogP contribution is 2.39. The number of nitrogens with zero attached hydrogens (tertiary/aromatic N) is 4. The molecule has 0 spiro atoms. The highest BCUT2D eigenvalue weighted by molar-refractivity contribution is 6.00. The normalized spacial score (nSPS) is 15.8. The van der Waals surface area contributed by atoms with Gasteiger partial charge in [-0.05, 0) is 57.9 Å². The van der Waals surface area contributed by atoms with Crippen molar-refractivity contribution >= 4 is 17.1 Å². The number of aromatic nitrogens is 3. The van der Waals surface area contributed by atoms with Gasteiger partial charge in [0.25, 0.3) is 5.91 Å². The summed E-state index contributed by atoms with van der Waals surface area (Å²) in [6.45, 7) is 4.47. The van der Waals surface area contributed by atoms with Crippen LogP contribution in [-0.4, -0.2) is 49.5 Å². The van der Waals surface area contributed by atoms with Crippen LogP contribution in [0.1, 0.15) is 49.5 Å². The second kappa shape index (κ2) is 7.88. The minimum absolute atomic E-state index is 0.107. The van der Waals surface area contributed by atoms with Crippen LogP contribution < -0.4 is 10.6 Å². The number of halogens is 1. The van der Waals surface area contributed by atoms with Crippen molar-refractivity contribution in [2.45, 2.75) is 50.9 Å². The molecule has 166 valence electrons. The van der Waals surface area contributed by atoms with Gasteiger partial charge in [-0.2, -0.15) is 10.4 Å². The summed E-state index contributed by atoms with van der Waals surface area (Å²) in [5.41, 5.74) is 1.77. The van der Waals surface area contributed by atoms with E-state index in [-0.39, 0.29) is 12.1 Å². The second-order valence-electron chi connectivity index (χ2n) is 9.04. The van der Waals surface area contributed by atoms with Crippen molar-refractivity contribution in [1.82, 2.24) is 19.9 Å². The first-order chi connectivity index (χ1) is 15.1. The molecular weight excluding hydrogens is 411 g/mol. The van der Waals surface area contributed by atoms with Gasteiger partial charge in [-0.25, -0.2) is 8.91 Å². The van der Waals surface area contributed by atoms with E-state index in [0.29, 0.717) is 28.2 Å². The molecule has 3 N–H and O–H groups in total. The van der Waals surface area contributed by atoms with Gasteiger partial charge in [0.1, 0.15) is 12.2 Å². The third kappa shape index (κ3) is 4.41. The van der Waals surface area contributed by atoms with Crippen LogP contribution >= 0.6 is 0 Å². The lowest BCUT2D eigenvalue weighted by molar-refractivity contribution is -0.00177. The summed E-state index contributed by atoms with van der Waals surface area (Å²) in [4.78, 5) is 17.2. The number of anilines is 1. The number of carbonyl (C=O) groups excluding carboxylic acids is 1. The molecule has 1 aliphatic rings. The molecule has 0 bridgehead atoms. The van der Waals surface area contributed by atoms with Crippen LogP contribution in [0.2, 0.25) is 0 Å². The van der Waals surface area contributed by atoms with Gasteiger partial charge in [-0.3, -0.25) is 9.78 Å². The topological polar surface area (TPSA) is 115 Å². The molecule has 32 heavy (non-hydrogen) atoms. The van der Waals surface area contributed by atoms with Gasteiger partial charge in [-0.1, -0.05) is 0 Å². The van der Waals surface area contributed by atoms with E-state index in [1.807, 2.05) is 12.1 Å². The van der Waals surface area contributed by atoms with Crippen LogP contribution in [-0.2, 0) is 0 Å². The number of nitrogens with one attached hydrogen (secondary N) is 2. The van der Waals surface area contributed by atoms with E-state index >= 15 is 0 Å². The molecule has 0 radical (unpaired) electrons. The predicted octanol–water partition coefficient (Wildman–Crippen LogP) is 3.07. The molecule has 3 heterocycles. The van der Waals surface area contributed by atoms with Gasteiger partial charge in [0.15, 0.2) is 0 Å². The molecule has 3 aromatic rings. The Bertz CT molecular complexity index is 1220. The SMILES string of the molecule is CC1(Nc2cc(-c3ccc4cc(C#N)cnn34)ncc2C(=O)NCC(F)C(C)(C)O)CC1. The number of alkyl halides is 1. The molecule has 1 aliphatic carbocycles. The minimum atomic E-state index is -1.60. The molecule has 0 saturated heterocycles. The van der Waals surface area contributed by atoms with E-state index in [9.17, 15) is 14.3 Å². The fourth-order valence-electron chi connectivity index (χ4n) is 3.30. The Morgan fingerprint density at radius 2 is 2.12 bits per heavy atom. The van der Waals surface area contributed by atoms with Gasteiger partial charge in [0.05, 0.1) is 52.1 Å². The molecule has 1 amide bonds. The lowest BCUT2D eigenvalue weighted by atomic mass is 10.0. The van der Waals surface area contributed by atoms with Crippen LogP contribution in [0.15, 0.2) is 36.7 Å². The molecule has 0 aromatic carbocycles. The molecule has 3 aromatic heterocycles. The first-order valence-corrected chi connectivity index (χ1v) is 10.4. The maximum absolute atomic E-state index is 14.1. The van der Waals surface area contributed by atoms with Gasteiger partial charge in [0.2, 0.25) is 0 Å². The Morgan fingerprint density at radius 3 is 2.78 bits per heavy atom. The third-order valence-corrected chi connectivity index (χ3v) is 5.69. The highest BCUT2D eigenvalue weighted by Gasteiger charge is 2.38. The Morgan fingerprint density at radius 1 is 1.38 bits per heavy atom. The molecule has 1 unspecified atom stereocenters. The van der Waals surface area contributed by atoms with E-state index in [1.54, 1.807) is 16.6 Å². The maximum Gasteiger partial charge on any atom is 0.255 e. The van der Waals surface area contributed by atoms with Crippen molar-refractivity contribution in [1.29, 1.82) is 5.26 Å². The summed E-state index contributed by atoms with van der Waals surface area (Å²) < 4.78 is 15.8.